The molecule has 0 atom stereocenters. The van der Waals surface area contributed by atoms with Gasteiger partial charge >= 0.3 is 5.97 Å². The number of carbonyl (C=O) groups is 1. The van der Waals surface area contributed by atoms with Crippen molar-refractivity contribution < 1.29 is 9.53 Å². The fourth-order valence-corrected chi connectivity index (χ4v) is 1.32. The van der Waals surface area contributed by atoms with Gasteiger partial charge in [-0.1, -0.05) is 0 Å². The smallest absolute Gasteiger partial charge is 0.319 e. The van der Waals surface area contributed by atoms with Gasteiger partial charge in [0, 0.05) is 6.04 Å². The van der Waals surface area contributed by atoms with E-state index in [1.54, 1.807) is 6.92 Å². The third kappa shape index (κ3) is 3.62. The maximum absolute atomic E-state index is 11.1. The average molecular weight is 226 g/mol. The van der Waals surface area contributed by atoms with Crippen LogP contribution in [0.4, 0.5) is 0 Å². The molecule has 0 amide bonds. The zero-order valence-corrected chi connectivity index (χ0v) is 9.93. The molecule has 90 valence electrons. The van der Waals surface area contributed by atoms with Crippen molar-refractivity contribution >= 4 is 5.97 Å². The third-order valence-corrected chi connectivity index (χ3v) is 1.99. The zero-order chi connectivity index (χ0) is 12.0. The van der Waals surface area contributed by atoms with Crippen molar-refractivity contribution in [3.05, 3.63) is 12.2 Å². The molecule has 0 unspecified atom stereocenters. The first-order chi connectivity index (χ1) is 7.65. The minimum atomic E-state index is -0.252. The van der Waals surface area contributed by atoms with Gasteiger partial charge in [0.2, 0.25) is 0 Å². The maximum Gasteiger partial charge on any atom is 0.319 e. The molecule has 16 heavy (non-hydrogen) atoms. The van der Waals surface area contributed by atoms with Crippen LogP contribution in [0.3, 0.4) is 0 Å². The molecule has 1 rings (SSSR count). The van der Waals surface area contributed by atoms with Crippen LogP contribution >= 0.6 is 0 Å². The molecule has 0 saturated carbocycles. The van der Waals surface area contributed by atoms with E-state index in [4.69, 9.17) is 4.74 Å². The van der Waals surface area contributed by atoms with Crippen molar-refractivity contribution in [1.82, 2.24) is 20.1 Å². The van der Waals surface area contributed by atoms with Gasteiger partial charge in [-0.05, 0) is 20.8 Å². The Morgan fingerprint density at radius 2 is 2.38 bits per heavy atom. The van der Waals surface area contributed by atoms with Gasteiger partial charge < -0.3 is 4.74 Å². The third-order valence-electron chi connectivity index (χ3n) is 1.99. The molecule has 6 nitrogen and oxygen atoms in total. The van der Waals surface area contributed by atoms with Crippen molar-refractivity contribution in [1.29, 1.82) is 0 Å². The number of rotatable bonds is 6. The van der Waals surface area contributed by atoms with E-state index in [0.29, 0.717) is 13.2 Å². The highest BCUT2D eigenvalue weighted by Crippen LogP contribution is 2.04. The molecule has 0 aliphatic carbocycles. The Morgan fingerprint density at radius 3 is 3.00 bits per heavy atom. The number of carbonyl (C=O) groups excluding carboxylic acids is 1. The predicted octanol–water partition coefficient (Wildman–Crippen LogP) is 0.512. The highest BCUT2D eigenvalue weighted by Gasteiger charge is 2.07. The highest BCUT2D eigenvalue weighted by atomic mass is 16.5. The van der Waals surface area contributed by atoms with E-state index in [2.05, 4.69) is 15.4 Å². The second-order valence-electron chi connectivity index (χ2n) is 3.62. The van der Waals surface area contributed by atoms with Crippen molar-refractivity contribution in [3.8, 4) is 0 Å². The Bertz CT molecular complexity index is 335. The minimum Gasteiger partial charge on any atom is -0.465 e. The van der Waals surface area contributed by atoms with Gasteiger partial charge in [-0.2, -0.15) is 5.10 Å². The normalized spacial score (nSPS) is 10.8. The molecule has 0 aliphatic heterocycles. The summed E-state index contributed by atoms with van der Waals surface area (Å²) >= 11 is 0. The first-order valence-electron chi connectivity index (χ1n) is 5.39. The van der Waals surface area contributed by atoms with E-state index in [9.17, 15) is 4.79 Å². The fourth-order valence-electron chi connectivity index (χ4n) is 1.32. The standard InChI is InChI=1S/C10H18N4O2/c1-4-16-10(15)6-11-5-9-12-7-13-14(9)8(2)3/h7-8,11H,4-6H2,1-3H3. The number of ether oxygens (including phenoxy) is 1. The molecule has 0 radical (unpaired) electrons. The summed E-state index contributed by atoms with van der Waals surface area (Å²) in [6.07, 6.45) is 1.52. The monoisotopic (exact) mass is 226 g/mol. The summed E-state index contributed by atoms with van der Waals surface area (Å²) in [5.74, 6) is 0.567. The van der Waals surface area contributed by atoms with Crippen LogP contribution in [0.15, 0.2) is 6.33 Å². The Hall–Kier alpha value is -1.43. The number of aromatic nitrogens is 3. The zero-order valence-electron chi connectivity index (χ0n) is 9.93. The summed E-state index contributed by atoms with van der Waals surface area (Å²) < 4.78 is 6.61. The van der Waals surface area contributed by atoms with Crippen LogP contribution in [-0.2, 0) is 16.1 Å². The Labute approximate surface area is 95.0 Å². The van der Waals surface area contributed by atoms with Crippen LogP contribution in [0.1, 0.15) is 32.6 Å². The summed E-state index contributed by atoms with van der Waals surface area (Å²) in [7, 11) is 0. The average Bonchev–Trinajstić information content (AvgIpc) is 2.66. The SMILES string of the molecule is CCOC(=O)CNCc1ncnn1C(C)C. The highest BCUT2D eigenvalue weighted by molar-refractivity contribution is 5.71. The van der Waals surface area contributed by atoms with E-state index in [1.165, 1.54) is 6.33 Å². The molecule has 1 aromatic rings. The van der Waals surface area contributed by atoms with Crippen molar-refractivity contribution in [2.45, 2.75) is 33.4 Å². The summed E-state index contributed by atoms with van der Waals surface area (Å²) in [5, 5.41) is 7.07. The molecule has 0 fully saturated rings. The van der Waals surface area contributed by atoms with Gasteiger partial charge in [0.05, 0.1) is 19.7 Å². The Balaban J connectivity index is 2.37. The van der Waals surface area contributed by atoms with Crippen LogP contribution in [0, 0.1) is 0 Å². The van der Waals surface area contributed by atoms with Gasteiger partial charge in [-0.15, -0.1) is 0 Å². The number of hydrogen-bond donors (Lipinski definition) is 1. The molecule has 0 spiro atoms. The molecule has 1 heterocycles. The van der Waals surface area contributed by atoms with Crippen LogP contribution in [0.5, 0.6) is 0 Å². The van der Waals surface area contributed by atoms with Crippen molar-refractivity contribution in [2.24, 2.45) is 0 Å². The van der Waals surface area contributed by atoms with Gasteiger partial charge in [-0.25, -0.2) is 9.67 Å². The predicted molar refractivity (Wildman–Crippen MR) is 58.7 cm³/mol. The molecule has 1 aromatic heterocycles. The summed E-state index contributed by atoms with van der Waals surface area (Å²) in [4.78, 5) is 15.2. The molecular weight excluding hydrogens is 208 g/mol. The lowest BCUT2D eigenvalue weighted by Crippen LogP contribution is -2.26. The quantitative estimate of drug-likeness (QED) is 0.716. The Morgan fingerprint density at radius 1 is 1.62 bits per heavy atom. The second-order valence-corrected chi connectivity index (χ2v) is 3.62. The lowest BCUT2D eigenvalue weighted by atomic mass is 10.4. The van der Waals surface area contributed by atoms with Crippen LogP contribution in [-0.4, -0.2) is 33.9 Å². The van der Waals surface area contributed by atoms with E-state index in [-0.39, 0.29) is 18.6 Å². The van der Waals surface area contributed by atoms with Gasteiger partial charge in [-0.3, -0.25) is 10.1 Å². The molecule has 0 aromatic carbocycles. The lowest BCUT2D eigenvalue weighted by molar-refractivity contribution is -0.142. The topological polar surface area (TPSA) is 69.0 Å². The maximum atomic E-state index is 11.1. The largest absolute Gasteiger partial charge is 0.465 e. The Kier molecular flexibility index (Phi) is 4.91. The van der Waals surface area contributed by atoms with Gasteiger partial charge in [0.25, 0.3) is 0 Å². The van der Waals surface area contributed by atoms with Gasteiger partial charge in [0.15, 0.2) is 0 Å². The molecule has 6 heteroatoms. The van der Waals surface area contributed by atoms with Crippen LogP contribution in [0.2, 0.25) is 0 Å². The lowest BCUT2D eigenvalue weighted by Gasteiger charge is -2.09. The summed E-state index contributed by atoms with van der Waals surface area (Å²) in [5.41, 5.74) is 0. The van der Waals surface area contributed by atoms with Gasteiger partial charge in [0.1, 0.15) is 12.2 Å². The number of hydrogen-bond acceptors (Lipinski definition) is 5. The number of esters is 1. The second kappa shape index (κ2) is 6.22. The number of nitrogens with zero attached hydrogens (tertiary/aromatic N) is 3. The van der Waals surface area contributed by atoms with E-state index in [0.717, 1.165) is 5.82 Å². The van der Waals surface area contributed by atoms with Crippen LogP contribution < -0.4 is 5.32 Å². The molecular formula is C10H18N4O2. The fraction of sp³-hybridized carbons (Fsp3) is 0.700. The molecule has 0 saturated heterocycles. The molecule has 1 N–H and O–H groups in total. The summed E-state index contributed by atoms with van der Waals surface area (Å²) in [6.45, 7) is 6.96. The first kappa shape index (κ1) is 12.6. The molecule has 0 aliphatic rings. The van der Waals surface area contributed by atoms with Crippen molar-refractivity contribution in [3.63, 3.8) is 0 Å². The van der Waals surface area contributed by atoms with Crippen molar-refractivity contribution in [2.75, 3.05) is 13.2 Å². The number of nitrogens with one attached hydrogen (secondary N) is 1. The first-order valence-corrected chi connectivity index (χ1v) is 5.39. The van der Waals surface area contributed by atoms with Crippen LogP contribution in [0.25, 0.3) is 0 Å². The van der Waals surface area contributed by atoms with E-state index in [1.807, 2.05) is 18.5 Å². The van der Waals surface area contributed by atoms with E-state index >= 15 is 0 Å². The summed E-state index contributed by atoms with van der Waals surface area (Å²) in [6, 6.07) is 0.266. The minimum absolute atomic E-state index is 0.193. The van der Waals surface area contributed by atoms with E-state index < -0.39 is 0 Å². The molecule has 0 bridgehead atoms.